The molecule has 0 aromatic carbocycles. The molecule has 20 heavy (non-hydrogen) atoms. The van der Waals surface area contributed by atoms with Gasteiger partial charge in [-0.2, -0.15) is 0 Å². The number of sulfonamides is 1. The van der Waals surface area contributed by atoms with E-state index in [-0.39, 0.29) is 29.4 Å². The van der Waals surface area contributed by atoms with Crippen molar-refractivity contribution in [1.82, 2.24) is 9.71 Å². The minimum absolute atomic E-state index is 0.00808. The molecule has 10 heteroatoms. The quantitative estimate of drug-likeness (QED) is 0.665. The van der Waals surface area contributed by atoms with Crippen LogP contribution in [0.1, 0.15) is 6.42 Å². The van der Waals surface area contributed by atoms with Gasteiger partial charge in [-0.1, -0.05) is 0 Å². The van der Waals surface area contributed by atoms with Crippen LogP contribution in [-0.4, -0.2) is 47.4 Å². The fourth-order valence-electron chi connectivity index (χ4n) is 1.43. The van der Waals surface area contributed by atoms with Gasteiger partial charge in [0.05, 0.1) is 5.75 Å². The summed E-state index contributed by atoms with van der Waals surface area (Å²) in [5, 5.41) is 2.70. The molecule has 1 aromatic rings. The normalized spacial score (nSPS) is 12.3. The number of hydrogen-bond donors (Lipinski definition) is 2. The van der Waals surface area contributed by atoms with Gasteiger partial charge < -0.3 is 5.32 Å². The molecule has 0 spiro atoms. The van der Waals surface area contributed by atoms with E-state index in [2.05, 4.69) is 31.0 Å². The van der Waals surface area contributed by atoms with Crippen LogP contribution in [0.4, 0.5) is 5.82 Å². The van der Waals surface area contributed by atoms with E-state index in [1.54, 1.807) is 7.05 Å². The molecule has 0 saturated carbocycles. The molecule has 0 aliphatic rings. The molecule has 0 unspecified atom stereocenters. The van der Waals surface area contributed by atoms with Gasteiger partial charge in [0, 0.05) is 30.5 Å². The minimum Gasteiger partial charge on any atom is -0.372 e. The lowest BCUT2D eigenvalue weighted by Gasteiger charge is -2.10. The molecule has 0 bridgehead atoms. The van der Waals surface area contributed by atoms with Crippen LogP contribution in [0, 0.1) is 0 Å². The van der Waals surface area contributed by atoms with Crippen LogP contribution in [0.15, 0.2) is 21.6 Å². The zero-order chi connectivity index (χ0) is 15.4. The summed E-state index contributed by atoms with van der Waals surface area (Å²) in [6.45, 7) is 0.0467. The topological polar surface area (TPSA) is 105 Å². The van der Waals surface area contributed by atoms with E-state index in [0.29, 0.717) is 4.47 Å². The lowest BCUT2D eigenvalue weighted by atomic mass is 10.4. The first-order valence-corrected chi connectivity index (χ1v) is 10.00. The Morgan fingerprint density at radius 2 is 1.95 bits per heavy atom. The lowest BCUT2D eigenvalue weighted by Crippen LogP contribution is -2.27. The number of anilines is 1. The Bertz CT molecular complexity index is 674. The molecule has 0 atom stereocenters. The molecular weight excluding hydrogens is 370 g/mol. The fourth-order valence-corrected chi connectivity index (χ4v) is 3.84. The van der Waals surface area contributed by atoms with Crippen molar-refractivity contribution < 1.29 is 16.8 Å². The van der Waals surface area contributed by atoms with E-state index in [1.165, 1.54) is 12.3 Å². The maximum atomic E-state index is 12.1. The summed E-state index contributed by atoms with van der Waals surface area (Å²) in [6.07, 6.45) is 2.81. The molecule has 2 N–H and O–H groups in total. The maximum absolute atomic E-state index is 12.1. The van der Waals surface area contributed by atoms with Crippen LogP contribution in [0.2, 0.25) is 0 Å². The zero-order valence-electron chi connectivity index (χ0n) is 11.1. The van der Waals surface area contributed by atoms with Crippen molar-refractivity contribution in [2.45, 2.75) is 11.3 Å². The third-order valence-corrected chi connectivity index (χ3v) is 5.27. The summed E-state index contributed by atoms with van der Waals surface area (Å²) in [7, 11) is -5.27. The Hall–Kier alpha value is -0.710. The number of nitrogens with zero attached hydrogens (tertiary/aromatic N) is 1. The summed E-state index contributed by atoms with van der Waals surface area (Å²) in [5.41, 5.74) is 0. The van der Waals surface area contributed by atoms with Gasteiger partial charge in [0.1, 0.15) is 20.6 Å². The average Bonchev–Trinajstić information content (AvgIpc) is 2.33. The summed E-state index contributed by atoms with van der Waals surface area (Å²) in [4.78, 5) is 3.97. The second-order valence-corrected chi connectivity index (χ2v) is 9.04. The van der Waals surface area contributed by atoms with E-state index in [1.807, 2.05) is 0 Å². The second kappa shape index (κ2) is 6.83. The van der Waals surface area contributed by atoms with Crippen molar-refractivity contribution >= 4 is 41.6 Å². The number of rotatable bonds is 7. The number of hydrogen-bond acceptors (Lipinski definition) is 6. The highest BCUT2D eigenvalue weighted by Gasteiger charge is 2.19. The van der Waals surface area contributed by atoms with Crippen LogP contribution in [-0.2, 0) is 19.9 Å². The monoisotopic (exact) mass is 385 g/mol. The van der Waals surface area contributed by atoms with E-state index in [9.17, 15) is 16.8 Å². The van der Waals surface area contributed by atoms with Gasteiger partial charge in [0.15, 0.2) is 0 Å². The predicted molar refractivity (Wildman–Crippen MR) is 81.0 cm³/mol. The van der Waals surface area contributed by atoms with Crippen LogP contribution < -0.4 is 10.0 Å². The Morgan fingerprint density at radius 1 is 1.30 bits per heavy atom. The molecule has 0 aliphatic heterocycles. The summed E-state index contributed by atoms with van der Waals surface area (Å²) in [5.74, 6) is 0.161. The van der Waals surface area contributed by atoms with Crippen LogP contribution >= 0.6 is 15.9 Å². The maximum Gasteiger partial charge on any atom is 0.244 e. The molecule has 1 rings (SSSR count). The predicted octanol–water partition coefficient (Wildman–Crippen LogP) is 0.599. The first kappa shape index (κ1) is 17.3. The molecule has 0 fully saturated rings. The standard InChI is InChI=1S/C10H16BrN3O4S2/c1-12-10-9(6-8(11)7-13-10)20(17,18)14-4-3-5-19(2,15)16/h6-7,14H,3-5H2,1-2H3,(H,12,13). The summed E-state index contributed by atoms with van der Waals surface area (Å²) in [6, 6.07) is 1.43. The van der Waals surface area contributed by atoms with Crippen LogP contribution in [0.3, 0.4) is 0 Å². The number of sulfone groups is 1. The molecule has 0 aliphatic carbocycles. The van der Waals surface area contributed by atoms with Crippen molar-refractivity contribution in [3.05, 3.63) is 16.7 Å². The largest absolute Gasteiger partial charge is 0.372 e. The third-order valence-electron chi connectivity index (χ3n) is 2.33. The fraction of sp³-hybridized carbons (Fsp3) is 0.500. The highest BCUT2D eigenvalue weighted by atomic mass is 79.9. The van der Waals surface area contributed by atoms with Crippen LogP contribution in [0.5, 0.6) is 0 Å². The van der Waals surface area contributed by atoms with Gasteiger partial charge in [0.25, 0.3) is 0 Å². The lowest BCUT2D eigenvalue weighted by molar-refractivity contribution is 0.577. The van der Waals surface area contributed by atoms with Crippen molar-refractivity contribution in [3.63, 3.8) is 0 Å². The molecule has 1 heterocycles. The van der Waals surface area contributed by atoms with Gasteiger partial charge in [0.2, 0.25) is 10.0 Å². The first-order chi connectivity index (χ1) is 9.15. The minimum atomic E-state index is -3.74. The van der Waals surface area contributed by atoms with Gasteiger partial charge in [-0.3, -0.25) is 0 Å². The van der Waals surface area contributed by atoms with Gasteiger partial charge in [-0.05, 0) is 28.4 Å². The van der Waals surface area contributed by atoms with E-state index >= 15 is 0 Å². The molecule has 0 saturated heterocycles. The highest BCUT2D eigenvalue weighted by molar-refractivity contribution is 9.10. The molecule has 1 aromatic heterocycles. The Labute approximate surface area is 127 Å². The Balaban J connectivity index is 2.81. The highest BCUT2D eigenvalue weighted by Crippen LogP contribution is 2.22. The SMILES string of the molecule is CNc1ncc(Br)cc1S(=O)(=O)NCCCS(C)(=O)=O. The van der Waals surface area contributed by atoms with Crippen molar-refractivity contribution in [2.75, 3.05) is 30.9 Å². The van der Waals surface area contributed by atoms with Gasteiger partial charge >= 0.3 is 0 Å². The second-order valence-electron chi connectivity index (χ2n) is 4.13. The molecule has 0 radical (unpaired) electrons. The molecular formula is C10H16BrN3O4S2. The Kier molecular flexibility index (Phi) is 5.92. The number of pyridine rings is 1. The van der Waals surface area contributed by atoms with Gasteiger partial charge in [-0.25, -0.2) is 26.5 Å². The van der Waals surface area contributed by atoms with E-state index in [4.69, 9.17) is 0 Å². The van der Waals surface area contributed by atoms with Crippen molar-refractivity contribution in [2.24, 2.45) is 0 Å². The molecule has 7 nitrogen and oxygen atoms in total. The van der Waals surface area contributed by atoms with Gasteiger partial charge in [-0.15, -0.1) is 0 Å². The summed E-state index contributed by atoms with van der Waals surface area (Å²) < 4.78 is 49.1. The Morgan fingerprint density at radius 3 is 2.50 bits per heavy atom. The smallest absolute Gasteiger partial charge is 0.244 e. The number of nitrogens with one attached hydrogen (secondary N) is 2. The molecule has 0 amide bonds. The molecule has 114 valence electrons. The van der Waals surface area contributed by atoms with Crippen LogP contribution in [0.25, 0.3) is 0 Å². The number of halogens is 1. The zero-order valence-corrected chi connectivity index (χ0v) is 14.3. The van der Waals surface area contributed by atoms with E-state index < -0.39 is 19.9 Å². The third kappa shape index (κ3) is 5.35. The number of aromatic nitrogens is 1. The average molecular weight is 386 g/mol. The first-order valence-electron chi connectivity index (χ1n) is 5.66. The summed E-state index contributed by atoms with van der Waals surface area (Å²) >= 11 is 3.16. The van der Waals surface area contributed by atoms with E-state index in [0.717, 1.165) is 6.26 Å². The van der Waals surface area contributed by atoms with Crippen molar-refractivity contribution in [3.8, 4) is 0 Å². The van der Waals surface area contributed by atoms with Crippen molar-refractivity contribution in [1.29, 1.82) is 0 Å².